The SMILES string of the molecule is C/C(=N\NC(=O)c1ccccc1NS(=O)(=O)c1cccs1)c1cccnc1. The number of amides is 1. The Kier molecular flexibility index (Phi) is 5.63. The summed E-state index contributed by atoms with van der Waals surface area (Å²) >= 11 is 1.10. The monoisotopic (exact) mass is 400 g/mol. The van der Waals surface area contributed by atoms with E-state index in [1.165, 1.54) is 18.2 Å². The molecule has 7 nitrogen and oxygen atoms in total. The van der Waals surface area contributed by atoms with E-state index in [0.717, 1.165) is 16.9 Å². The zero-order valence-electron chi connectivity index (χ0n) is 14.3. The van der Waals surface area contributed by atoms with Crippen LogP contribution in [0.4, 0.5) is 5.69 Å². The number of benzene rings is 1. The summed E-state index contributed by atoms with van der Waals surface area (Å²) in [5.41, 5.74) is 4.14. The minimum atomic E-state index is -3.76. The lowest BCUT2D eigenvalue weighted by Gasteiger charge is -2.11. The molecule has 0 saturated heterocycles. The fourth-order valence-electron chi connectivity index (χ4n) is 2.22. The number of hydrogen-bond acceptors (Lipinski definition) is 6. The predicted molar refractivity (Wildman–Crippen MR) is 105 cm³/mol. The molecule has 0 radical (unpaired) electrons. The number of nitrogens with zero attached hydrogens (tertiary/aromatic N) is 2. The van der Waals surface area contributed by atoms with Gasteiger partial charge in [0, 0.05) is 18.0 Å². The summed E-state index contributed by atoms with van der Waals surface area (Å²) < 4.78 is 27.5. The Morgan fingerprint density at radius 3 is 2.63 bits per heavy atom. The highest BCUT2D eigenvalue weighted by molar-refractivity contribution is 7.94. The summed E-state index contributed by atoms with van der Waals surface area (Å²) in [5.74, 6) is -0.525. The number of aromatic nitrogens is 1. The van der Waals surface area contributed by atoms with E-state index in [4.69, 9.17) is 0 Å². The van der Waals surface area contributed by atoms with Crippen LogP contribution in [0.3, 0.4) is 0 Å². The van der Waals surface area contributed by atoms with Crippen LogP contribution in [-0.2, 0) is 10.0 Å². The fourth-order valence-corrected chi connectivity index (χ4v) is 4.29. The molecule has 0 aliphatic heterocycles. The van der Waals surface area contributed by atoms with Crippen LogP contribution in [0.5, 0.6) is 0 Å². The second-order valence-corrected chi connectivity index (χ2v) is 8.32. The molecule has 0 aliphatic carbocycles. The third-order valence-corrected chi connectivity index (χ3v) is 6.34. The van der Waals surface area contributed by atoms with E-state index in [-0.39, 0.29) is 15.5 Å². The average molecular weight is 400 g/mol. The standard InChI is InChI=1S/C18H16N4O3S2/c1-13(14-6-4-10-19-12-14)20-21-18(23)15-7-2-3-8-16(15)22-27(24,25)17-9-5-11-26-17/h2-12,22H,1H3,(H,21,23)/b20-13+. The third-order valence-electron chi connectivity index (χ3n) is 3.58. The quantitative estimate of drug-likeness (QED) is 0.490. The summed E-state index contributed by atoms with van der Waals surface area (Å²) in [6, 6.07) is 13.1. The van der Waals surface area contributed by atoms with Crippen LogP contribution in [-0.4, -0.2) is 25.0 Å². The van der Waals surface area contributed by atoms with Crippen molar-refractivity contribution >= 4 is 38.7 Å². The molecule has 3 aromatic rings. The molecule has 3 rings (SSSR count). The van der Waals surface area contributed by atoms with Crippen molar-refractivity contribution in [2.45, 2.75) is 11.1 Å². The lowest BCUT2D eigenvalue weighted by molar-refractivity contribution is 0.0955. The van der Waals surface area contributed by atoms with Crippen LogP contribution in [0.15, 0.2) is 75.6 Å². The van der Waals surface area contributed by atoms with E-state index in [2.05, 4.69) is 20.2 Å². The summed E-state index contributed by atoms with van der Waals surface area (Å²) in [4.78, 5) is 16.5. The van der Waals surface area contributed by atoms with Crippen LogP contribution in [0.1, 0.15) is 22.8 Å². The Balaban J connectivity index is 1.80. The van der Waals surface area contributed by atoms with E-state index < -0.39 is 15.9 Å². The van der Waals surface area contributed by atoms with Crippen molar-refractivity contribution in [2.24, 2.45) is 5.10 Å². The van der Waals surface area contributed by atoms with E-state index >= 15 is 0 Å². The molecule has 0 unspecified atom stereocenters. The van der Waals surface area contributed by atoms with Gasteiger partial charge in [0.1, 0.15) is 4.21 Å². The molecular weight excluding hydrogens is 384 g/mol. The molecule has 9 heteroatoms. The van der Waals surface area contributed by atoms with Gasteiger partial charge in [-0.25, -0.2) is 13.8 Å². The average Bonchev–Trinajstić information content (AvgIpc) is 3.22. The Labute approximate surface area is 160 Å². The van der Waals surface area contributed by atoms with Gasteiger partial charge in [-0.05, 0) is 36.6 Å². The molecular formula is C18H16N4O3S2. The van der Waals surface area contributed by atoms with Crippen molar-refractivity contribution in [1.82, 2.24) is 10.4 Å². The van der Waals surface area contributed by atoms with Gasteiger partial charge in [-0.3, -0.25) is 14.5 Å². The number of hydrogen-bond donors (Lipinski definition) is 2. The molecule has 0 aliphatic rings. The summed E-state index contributed by atoms with van der Waals surface area (Å²) in [6.07, 6.45) is 3.28. The van der Waals surface area contributed by atoms with E-state index in [0.29, 0.717) is 5.71 Å². The predicted octanol–water partition coefficient (Wildman–Crippen LogP) is 3.10. The van der Waals surface area contributed by atoms with Crippen molar-refractivity contribution < 1.29 is 13.2 Å². The van der Waals surface area contributed by atoms with E-state index in [1.54, 1.807) is 49.0 Å². The van der Waals surface area contributed by atoms with Gasteiger partial charge < -0.3 is 0 Å². The van der Waals surface area contributed by atoms with Gasteiger partial charge in [0.2, 0.25) is 0 Å². The molecule has 27 heavy (non-hydrogen) atoms. The van der Waals surface area contributed by atoms with Crippen molar-refractivity contribution in [2.75, 3.05) is 4.72 Å². The van der Waals surface area contributed by atoms with Crippen molar-refractivity contribution in [3.8, 4) is 0 Å². The molecule has 0 fully saturated rings. The number of nitrogens with one attached hydrogen (secondary N) is 2. The van der Waals surface area contributed by atoms with Crippen LogP contribution in [0.25, 0.3) is 0 Å². The van der Waals surface area contributed by atoms with Gasteiger partial charge in [-0.2, -0.15) is 5.10 Å². The Morgan fingerprint density at radius 1 is 1.11 bits per heavy atom. The minimum Gasteiger partial charge on any atom is -0.278 e. The number of rotatable bonds is 6. The number of para-hydroxylation sites is 1. The lowest BCUT2D eigenvalue weighted by atomic mass is 10.2. The van der Waals surface area contributed by atoms with Crippen molar-refractivity contribution in [1.29, 1.82) is 0 Å². The molecule has 1 aromatic carbocycles. The second kappa shape index (κ2) is 8.11. The number of carbonyl (C=O) groups is 1. The van der Waals surface area contributed by atoms with E-state index in [1.807, 2.05) is 6.07 Å². The number of anilines is 1. The van der Waals surface area contributed by atoms with Crippen LogP contribution in [0.2, 0.25) is 0 Å². The molecule has 0 atom stereocenters. The van der Waals surface area contributed by atoms with Crippen LogP contribution >= 0.6 is 11.3 Å². The van der Waals surface area contributed by atoms with Crippen LogP contribution < -0.4 is 10.1 Å². The molecule has 2 aromatic heterocycles. The second-order valence-electron chi connectivity index (χ2n) is 5.46. The number of carbonyl (C=O) groups excluding carboxylic acids is 1. The summed E-state index contributed by atoms with van der Waals surface area (Å²) in [6.45, 7) is 1.74. The van der Waals surface area contributed by atoms with Gasteiger partial charge in [0.05, 0.1) is 17.0 Å². The Hall–Kier alpha value is -3.04. The van der Waals surface area contributed by atoms with Gasteiger partial charge in [0.15, 0.2) is 0 Å². The molecule has 0 bridgehead atoms. The smallest absolute Gasteiger partial charge is 0.273 e. The van der Waals surface area contributed by atoms with Crippen molar-refractivity contribution in [3.05, 3.63) is 77.4 Å². The topological polar surface area (TPSA) is 101 Å². The normalized spacial score (nSPS) is 11.8. The third kappa shape index (κ3) is 4.57. The molecule has 2 N–H and O–H groups in total. The summed E-state index contributed by atoms with van der Waals surface area (Å²) in [7, 11) is -3.76. The molecule has 0 spiro atoms. The first-order valence-electron chi connectivity index (χ1n) is 7.88. The molecule has 138 valence electrons. The number of thiophene rings is 1. The van der Waals surface area contributed by atoms with Gasteiger partial charge in [-0.1, -0.05) is 24.3 Å². The maximum atomic E-state index is 12.5. The number of sulfonamides is 1. The van der Waals surface area contributed by atoms with Gasteiger partial charge in [-0.15, -0.1) is 11.3 Å². The largest absolute Gasteiger partial charge is 0.278 e. The zero-order chi connectivity index (χ0) is 19.3. The molecule has 0 saturated carbocycles. The summed E-state index contributed by atoms with van der Waals surface area (Å²) in [5, 5.41) is 5.73. The lowest BCUT2D eigenvalue weighted by Crippen LogP contribution is -2.22. The highest BCUT2D eigenvalue weighted by atomic mass is 32.2. The first-order valence-corrected chi connectivity index (χ1v) is 10.2. The Morgan fingerprint density at radius 2 is 1.93 bits per heavy atom. The van der Waals surface area contributed by atoms with Gasteiger partial charge in [0.25, 0.3) is 15.9 Å². The van der Waals surface area contributed by atoms with E-state index in [9.17, 15) is 13.2 Å². The fraction of sp³-hybridized carbons (Fsp3) is 0.0556. The minimum absolute atomic E-state index is 0.167. The van der Waals surface area contributed by atoms with Crippen LogP contribution in [0, 0.1) is 0 Å². The maximum Gasteiger partial charge on any atom is 0.273 e. The number of hydrazone groups is 1. The highest BCUT2D eigenvalue weighted by Gasteiger charge is 2.19. The maximum absolute atomic E-state index is 12.5. The Bertz CT molecular complexity index is 1060. The first-order chi connectivity index (χ1) is 13.0. The van der Waals surface area contributed by atoms with Crippen molar-refractivity contribution in [3.63, 3.8) is 0 Å². The molecule has 2 heterocycles. The zero-order valence-corrected chi connectivity index (χ0v) is 15.9. The number of pyridine rings is 1. The first kappa shape index (κ1) is 18.7. The van der Waals surface area contributed by atoms with Gasteiger partial charge >= 0.3 is 0 Å². The molecule has 1 amide bonds. The highest BCUT2D eigenvalue weighted by Crippen LogP contribution is 2.22.